The average Bonchev–Trinajstić information content (AvgIpc) is 2.88. The molecule has 0 bridgehead atoms. The Kier molecular flexibility index (Phi) is 2.76. The van der Waals surface area contributed by atoms with Crippen LogP contribution in [0.5, 0.6) is 5.88 Å². The number of ether oxygens (including phenoxy) is 1. The van der Waals surface area contributed by atoms with Gasteiger partial charge in [0.2, 0.25) is 5.88 Å². The molecule has 0 aliphatic heterocycles. The van der Waals surface area contributed by atoms with E-state index in [4.69, 9.17) is 10.5 Å². The maximum Gasteiger partial charge on any atom is 0.225 e. The number of hydrogen-bond acceptors (Lipinski definition) is 6. The lowest BCUT2D eigenvalue weighted by Gasteiger charge is -2.03. The molecule has 2 rings (SSSR count). The summed E-state index contributed by atoms with van der Waals surface area (Å²) in [5, 5.41) is 1.94. The molecule has 1 unspecified atom stereocenters. The summed E-state index contributed by atoms with van der Waals surface area (Å²) in [4.78, 5) is 5.12. The van der Waals surface area contributed by atoms with Crippen molar-refractivity contribution in [3.8, 4) is 5.88 Å². The highest BCUT2D eigenvalue weighted by molar-refractivity contribution is 7.07. The molecule has 2 aromatic rings. The van der Waals surface area contributed by atoms with Gasteiger partial charge in [-0.1, -0.05) is 0 Å². The molecule has 2 N–H and O–H groups in total. The first-order valence-corrected chi connectivity index (χ1v) is 5.67. The largest absolute Gasteiger partial charge is 0.480 e. The molecule has 0 fully saturated rings. The van der Waals surface area contributed by atoms with Crippen LogP contribution in [0.4, 0.5) is 0 Å². The van der Waals surface area contributed by atoms with Crippen molar-refractivity contribution in [3.05, 3.63) is 27.5 Å². The summed E-state index contributed by atoms with van der Waals surface area (Å²) in [6.45, 7) is 0. The Morgan fingerprint density at radius 3 is 3.00 bits per heavy atom. The van der Waals surface area contributed by atoms with Crippen LogP contribution >= 0.6 is 22.9 Å². The maximum atomic E-state index is 5.99. The molecular formula is C8H9N3OS2. The van der Waals surface area contributed by atoms with Crippen LogP contribution in [0, 0.1) is 0 Å². The SMILES string of the molecule is COc1cc(C(N)c2cscn2)sn1. The summed E-state index contributed by atoms with van der Waals surface area (Å²) in [6.07, 6.45) is 0. The molecule has 0 saturated heterocycles. The van der Waals surface area contributed by atoms with Crippen molar-refractivity contribution in [1.82, 2.24) is 9.36 Å². The zero-order chi connectivity index (χ0) is 9.97. The molecule has 0 radical (unpaired) electrons. The number of nitrogens with zero attached hydrogens (tertiary/aromatic N) is 2. The number of hydrogen-bond donors (Lipinski definition) is 1. The highest BCUT2D eigenvalue weighted by atomic mass is 32.1. The van der Waals surface area contributed by atoms with Gasteiger partial charge in [0.15, 0.2) is 0 Å². The highest BCUT2D eigenvalue weighted by Crippen LogP contribution is 2.26. The van der Waals surface area contributed by atoms with Crippen LogP contribution in [0.3, 0.4) is 0 Å². The number of nitrogens with two attached hydrogens (primary N) is 1. The van der Waals surface area contributed by atoms with Gasteiger partial charge in [0.05, 0.1) is 29.2 Å². The first-order valence-electron chi connectivity index (χ1n) is 3.95. The molecule has 1 atom stereocenters. The second-order valence-corrected chi connectivity index (χ2v) is 4.22. The first kappa shape index (κ1) is 9.57. The molecule has 0 aromatic carbocycles. The van der Waals surface area contributed by atoms with Gasteiger partial charge in [-0.2, -0.15) is 4.37 Å². The molecule has 2 aromatic heterocycles. The third kappa shape index (κ3) is 1.77. The Bertz CT molecular complexity index is 398. The van der Waals surface area contributed by atoms with E-state index in [1.807, 2.05) is 11.4 Å². The third-order valence-corrected chi connectivity index (χ3v) is 3.25. The van der Waals surface area contributed by atoms with E-state index in [-0.39, 0.29) is 6.04 Å². The lowest BCUT2D eigenvalue weighted by molar-refractivity contribution is 0.402. The summed E-state index contributed by atoms with van der Waals surface area (Å²) in [5.41, 5.74) is 8.64. The van der Waals surface area contributed by atoms with Gasteiger partial charge >= 0.3 is 0 Å². The normalized spacial score (nSPS) is 12.7. The molecule has 74 valence electrons. The lowest BCUT2D eigenvalue weighted by Crippen LogP contribution is -2.10. The van der Waals surface area contributed by atoms with Gasteiger partial charge in [-0.05, 0) is 11.5 Å². The van der Waals surface area contributed by atoms with Crippen LogP contribution in [0.15, 0.2) is 17.0 Å². The van der Waals surface area contributed by atoms with Gasteiger partial charge in [-0.3, -0.25) is 0 Å². The van der Waals surface area contributed by atoms with Crippen LogP contribution in [0.25, 0.3) is 0 Å². The van der Waals surface area contributed by atoms with Crippen molar-refractivity contribution in [2.24, 2.45) is 5.73 Å². The van der Waals surface area contributed by atoms with E-state index >= 15 is 0 Å². The van der Waals surface area contributed by atoms with Gasteiger partial charge in [0, 0.05) is 11.4 Å². The number of aromatic nitrogens is 2. The molecule has 0 aliphatic carbocycles. The van der Waals surface area contributed by atoms with Crippen molar-refractivity contribution in [2.45, 2.75) is 6.04 Å². The Morgan fingerprint density at radius 1 is 1.57 bits per heavy atom. The van der Waals surface area contributed by atoms with Crippen LogP contribution in [0.1, 0.15) is 16.6 Å². The number of rotatable bonds is 3. The van der Waals surface area contributed by atoms with Crippen LogP contribution < -0.4 is 10.5 Å². The Morgan fingerprint density at radius 2 is 2.43 bits per heavy atom. The van der Waals surface area contributed by atoms with Crippen LogP contribution in [-0.2, 0) is 0 Å². The van der Waals surface area contributed by atoms with Crippen molar-refractivity contribution in [1.29, 1.82) is 0 Å². The quantitative estimate of drug-likeness (QED) is 0.866. The van der Waals surface area contributed by atoms with Gasteiger partial charge in [0.1, 0.15) is 0 Å². The average molecular weight is 227 g/mol. The lowest BCUT2D eigenvalue weighted by atomic mass is 10.2. The minimum absolute atomic E-state index is 0.192. The highest BCUT2D eigenvalue weighted by Gasteiger charge is 2.14. The van der Waals surface area contributed by atoms with Crippen molar-refractivity contribution in [3.63, 3.8) is 0 Å². The van der Waals surface area contributed by atoms with E-state index < -0.39 is 0 Å². The molecule has 14 heavy (non-hydrogen) atoms. The van der Waals surface area contributed by atoms with E-state index in [9.17, 15) is 0 Å². The second kappa shape index (κ2) is 4.04. The molecule has 2 heterocycles. The summed E-state index contributed by atoms with van der Waals surface area (Å²) < 4.78 is 9.07. The predicted molar refractivity (Wildman–Crippen MR) is 56.8 cm³/mol. The zero-order valence-electron chi connectivity index (χ0n) is 7.51. The minimum Gasteiger partial charge on any atom is -0.480 e. The van der Waals surface area contributed by atoms with Gasteiger partial charge in [-0.25, -0.2) is 4.98 Å². The van der Waals surface area contributed by atoms with E-state index in [1.165, 1.54) is 22.9 Å². The van der Waals surface area contributed by atoms with Crippen molar-refractivity contribution in [2.75, 3.05) is 7.11 Å². The predicted octanol–water partition coefficient (Wildman–Crippen LogP) is 1.66. The minimum atomic E-state index is -0.192. The Hall–Kier alpha value is -0.980. The van der Waals surface area contributed by atoms with Crippen molar-refractivity contribution >= 4 is 22.9 Å². The maximum absolute atomic E-state index is 5.99. The molecule has 0 spiro atoms. The standard InChI is InChI=1S/C8H9N3OS2/c1-12-7-2-6(14-11-7)8(9)5-3-13-4-10-5/h2-4,8H,9H2,1H3. The Balaban J connectivity index is 2.23. The van der Waals surface area contributed by atoms with Crippen LogP contribution in [-0.4, -0.2) is 16.5 Å². The van der Waals surface area contributed by atoms with E-state index in [0.717, 1.165) is 10.6 Å². The summed E-state index contributed by atoms with van der Waals surface area (Å²) in [5.74, 6) is 0.607. The number of methoxy groups -OCH3 is 1. The third-order valence-electron chi connectivity index (χ3n) is 1.79. The molecule has 0 amide bonds. The van der Waals surface area contributed by atoms with Gasteiger partial charge < -0.3 is 10.5 Å². The molecule has 4 nitrogen and oxygen atoms in total. The topological polar surface area (TPSA) is 61.0 Å². The molecule has 0 aliphatic rings. The summed E-state index contributed by atoms with van der Waals surface area (Å²) in [6, 6.07) is 1.65. The fraction of sp³-hybridized carbons (Fsp3) is 0.250. The molecular weight excluding hydrogens is 218 g/mol. The summed E-state index contributed by atoms with van der Waals surface area (Å²) >= 11 is 2.88. The fourth-order valence-electron chi connectivity index (χ4n) is 1.04. The zero-order valence-corrected chi connectivity index (χ0v) is 9.14. The second-order valence-electron chi connectivity index (χ2n) is 2.66. The summed E-state index contributed by atoms with van der Waals surface area (Å²) in [7, 11) is 1.59. The van der Waals surface area contributed by atoms with E-state index in [0.29, 0.717) is 5.88 Å². The fourth-order valence-corrected chi connectivity index (χ4v) is 2.34. The first-order chi connectivity index (χ1) is 6.81. The van der Waals surface area contributed by atoms with E-state index in [1.54, 1.807) is 12.6 Å². The number of thiazole rings is 1. The smallest absolute Gasteiger partial charge is 0.225 e. The Labute approximate surface area is 89.5 Å². The van der Waals surface area contributed by atoms with Crippen molar-refractivity contribution < 1.29 is 4.74 Å². The monoisotopic (exact) mass is 227 g/mol. The molecule has 6 heteroatoms. The van der Waals surface area contributed by atoms with Gasteiger partial charge in [0.25, 0.3) is 0 Å². The van der Waals surface area contributed by atoms with Gasteiger partial charge in [-0.15, -0.1) is 11.3 Å². The van der Waals surface area contributed by atoms with Crippen LogP contribution in [0.2, 0.25) is 0 Å². The van der Waals surface area contributed by atoms with E-state index in [2.05, 4.69) is 9.36 Å². The molecule has 0 saturated carbocycles.